The van der Waals surface area contributed by atoms with Crippen LogP contribution in [-0.2, 0) is 9.53 Å². The third-order valence-corrected chi connectivity index (χ3v) is 7.10. The maximum Gasteiger partial charge on any atom is 0.338 e. The topological polar surface area (TPSA) is 104 Å². The Hall–Kier alpha value is -3.50. The Morgan fingerprint density at radius 1 is 1.26 bits per heavy atom. The van der Waals surface area contributed by atoms with E-state index >= 15 is 0 Å². The molecule has 1 aromatic heterocycles. The molecule has 34 heavy (non-hydrogen) atoms. The monoisotopic (exact) mass is 495 g/mol. The van der Waals surface area contributed by atoms with E-state index in [1.807, 2.05) is 30.5 Å². The average molecular weight is 496 g/mol. The molecule has 0 aliphatic carbocycles. The highest BCUT2D eigenvalue weighted by atomic mass is 32.2. The van der Waals surface area contributed by atoms with Gasteiger partial charge in [0.25, 0.3) is 11.2 Å². The van der Waals surface area contributed by atoms with E-state index in [4.69, 9.17) is 4.74 Å². The summed E-state index contributed by atoms with van der Waals surface area (Å²) in [6, 6.07) is 13.1. The molecule has 8 nitrogen and oxygen atoms in total. The van der Waals surface area contributed by atoms with Crippen LogP contribution in [0.15, 0.2) is 74.5 Å². The molecule has 174 valence electrons. The lowest BCUT2D eigenvalue weighted by atomic mass is 9.96. The van der Waals surface area contributed by atoms with Crippen molar-refractivity contribution in [1.29, 1.82) is 0 Å². The van der Waals surface area contributed by atoms with Crippen LogP contribution in [0.3, 0.4) is 0 Å². The van der Waals surface area contributed by atoms with E-state index in [1.165, 1.54) is 16.7 Å². The van der Waals surface area contributed by atoms with Crippen LogP contribution in [0.25, 0.3) is 6.08 Å². The Bertz CT molecular complexity index is 1490. The van der Waals surface area contributed by atoms with Gasteiger partial charge in [-0.15, -0.1) is 11.8 Å². The first-order valence-corrected chi connectivity index (χ1v) is 12.5. The molecule has 2 heterocycles. The van der Waals surface area contributed by atoms with E-state index in [0.29, 0.717) is 21.6 Å². The van der Waals surface area contributed by atoms with Crippen LogP contribution in [0.5, 0.6) is 0 Å². The van der Waals surface area contributed by atoms with Gasteiger partial charge in [-0.25, -0.2) is 9.79 Å². The van der Waals surface area contributed by atoms with Crippen LogP contribution >= 0.6 is 23.1 Å². The molecule has 1 atom stereocenters. The summed E-state index contributed by atoms with van der Waals surface area (Å²) < 4.78 is 7.05. The fourth-order valence-corrected chi connectivity index (χ4v) is 5.26. The zero-order chi connectivity index (χ0) is 24.4. The van der Waals surface area contributed by atoms with Crippen molar-refractivity contribution < 1.29 is 14.5 Å². The smallest absolute Gasteiger partial charge is 0.338 e. The van der Waals surface area contributed by atoms with Gasteiger partial charge in [0.05, 0.1) is 38.9 Å². The standard InChI is InChI=1S/C24H21N3O5S2/c1-4-32-23(29)20-14(2)25-24-26(21(20)15-9-11-17(33-3)12-10-15)22(28)19(34-24)13-16-7-5-6-8-18(16)27(30)31/h5-13,21H,4H2,1-3H3/b19-13+/t21-/m1/s1. The number of hydrogen-bond acceptors (Lipinski definition) is 8. The number of aromatic nitrogens is 1. The molecule has 10 heteroatoms. The zero-order valence-electron chi connectivity index (χ0n) is 18.7. The number of thiazole rings is 1. The molecule has 0 saturated carbocycles. The normalized spacial score (nSPS) is 15.6. The molecule has 2 aromatic carbocycles. The van der Waals surface area contributed by atoms with Crippen molar-refractivity contribution in [3.63, 3.8) is 0 Å². The van der Waals surface area contributed by atoms with Gasteiger partial charge in [-0.1, -0.05) is 35.6 Å². The minimum absolute atomic E-state index is 0.0964. The van der Waals surface area contributed by atoms with Gasteiger partial charge in [-0.3, -0.25) is 19.5 Å². The average Bonchev–Trinajstić information content (AvgIpc) is 3.13. The lowest BCUT2D eigenvalue weighted by Crippen LogP contribution is -2.39. The first kappa shape index (κ1) is 23.7. The second kappa shape index (κ2) is 9.78. The van der Waals surface area contributed by atoms with E-state index in [-0.39, 0.29) is 22.4 Å². The van der Waals surface area contributed by atoms with Crippen molar-refractivity contribution in [2.45, 2.75) is 24.8 Å². The van der Waals surface area contributed by atoms with Crippen molar-refractivity contribution in [3.8, 4) is 0 Å². The van der Waals surface area contributed by atoms with Crippen molar-refractivity contribution in [2.75, 3.05) is 12.9 Å². The number of carbonyl (C=O) groups excluding carboxylic acids is 1. The van der Waals surface area contributed by atoms with Crippen LogP contribution in [-0.4, -0.2) is 28.3 Å². The van der Waals surface area contributed by atoms with Gasteiger partial charge >= 0.3 is 5.97 Å². The summed E-state index contributed by atoms with van der Waals surface area (Å²) in [5.41, 5.74) is 1.35. The van der Waals surface area contributed by atoms with Gasteiger partial charge in [-0.2, -0.15) is 0 Å². The molecule has 0 N–H and O–H groups in total. The Labute approximate surface area is 203 Å². The van der Waals surface area contributed by atoms with Crippen molar-refractivity contribution >= 4 is 40.8 Å². The molecule has 0 saturated heterocycles. The molecular formula is C24H21N3O5S2. The number of rotatable bonds is 6. The highest BCUT2D eigenvalue weighted by molar-refractivity contribution is 7.98. The van der Waals surface area contributed by atoms with Crippen LogP contribution in [0.2, 0.25) is 0 Å². The van der Waals surface area contributed by atoms with E-state index in [0.717, 1.165) is 21.8 Å². The van der Waals surface area contributed by atoms with Crippen LogP contribution in [0, 0.1) is 10.1 Å². The molecule has 1 aliphatic heterocycles. The number of nitro groups is 1. The lowest BCUT2D eigenvalue weighted by molar-refractivity contribution is -0.385. The highest BCUT2D eigenvalue weighted by Crippen LogP contribution is 2.31. The predicted octanol–water partition coefficient (Wildman–Crippen LogP) is 3.43. The third kappa shape index (κ3) is 4.34. The summed E-state index contributed by atoms with van der Waals surface area (Å²) in [4.78, 5) is 43.4. The summed E-state index contributed by atoms with van der Waals surface area (Å²) in [5, 5.41) is 11.4. The maximum absolute atomic E-state index is 13.6. The van der Waals surface area contributed by atoms with Gasteiger partial charge in [0.2, 0.25) is 0 Å². The zero-order valence-corrected chi connectivity index (χ0v) is 20.3. The minimum Gasteiger partial charge on any atom is -0.463 e. The maximum atomic E-state index is 13.6. The predicted molar refractivity (Wildman–Crippen MR) is 132 cm³/mol. The van der Waals surface area contributed by atoms with Crippen LogP contribution in [0.4, 0.5) is 5.69 Å². The molecule has 0 unspecified atom stereocenters. The fraction of sp³-hybridized carbons (Fsp3) is 0.208. The Kier molecular flexibility index (Phi) is 6.80. The quantitative estimate of drug-likeness (QED) is 0.225. The first-order valence-electron chi connectivity index (χ1n) is 10.4. The summed E-state index contributed by atoms with van der Waals surface area (Å²) in [6.45, 7) is 3.63. The minimum atomic E-state index is -0.723. The molecule has 0 spiro atoms. The number of ether oxygens (including phenoxy) is 1. The van der Waals surface area contributed by atoms with Gasteiger partial charge in [0, 0.05) is 11.0 Å². The first-order chi connectivity index (χ1) is 16.3. The number of allylic oxidation sites excluding steroid dienone is 1. The number of para-hydroxylation sites is 1. The van der Waals surface area contributed by atoms with E-state index in [1.54, 1.807) is 43.8 Å². The number of benzene rings is 2. The number of esters is 1. The van der Waals surface area contributed by atoms with Gasteiger partial charge in [-0.05, 0) is 49.9 Å². The second-order valence-corrected chi connectivity index (χ2v) is 9.28. The number of nitro benzene ring substituents is 1. The SMILES string of the molecule is CCOC(=O)C1=C(C)N=c2s/c(=C/c3ccccc3[N+](=O)[O-])c(=O)n2[C@@H]1c1ccc(SC)cc1. The van der Waals surface area contributed by atoms with E-state index in [2.05, 4.69) is 4.99 Å². The molecule has 0 amide bonds. The number of fused-ring (bicyclic) bond motifs is 1. The second-order valence-electron chi connectivity index (χ2n) is 7.39. The summed E-state index contributed by atoms with van der Waals surface area (Å²) in [7, 11) is 0. The van der Waals surface area contributed by atoms with Crippen molar-refractivity contribution in [2.24, 2.45) is 4.99 Å². The number of hydrogen-bond donors (Lipinski definition) is 0. The van der Waals surface area contributed by atoms with Crippen LogP contribution < -0.4 is 14.9 Å². The third-order valence-electron chi connectivity index (χ3n) is 5.37. The molecule has 0 radical (unpaired) electrons. The largest absolute Gasteiger partial charge is 0.463 e. The molecule has 1 aliphatic rings. The highest BCUT2D eigenvalue weighted by Gasteiger charge is 2.33. The van der Waals surface area contributed by atoms with Gasteiger partial charge < -0.3 is 4.74 Å². The Balaban J connectivity index is 1.96. The molecular weight excluding hydrogens is 474 g/mol. The molecule has 0 bridgehead atoms. The molecule has 0 fully saturated rings. The number of nitrogens with zero attached hydrogens (tertiary/aromatic N) is 3. The fourth-order valence-electron chi connectivity index (χ4n) is 3.81. The molecule has 4 rings (SSSR count). The summed E-state index contributed by atoms with van der Waals surface area (Å²) >= 11 is 2.72. The van der Waals surface area contributed by atoms with Crippen LogP contribution in [0.1, 0.15) is 31.0 Å². The van der Waals surface area contributed by atoms with E-state index < -0.39 is 16.9 Å². The number of thioether (sulfide) groups is 1. The van der Waals surface area contributed by atoms with Gasteiger partial charge in [0.1, 0.15) is 0 Å². The van der Waals surface area contributed by atoms with Gasteiger partial charge in [0.15, 0.2) is 4.80 Å². The van der Waals surface area contributed by atoms with Crippen molar-refractivity contribution in [1.82, 2.24) is 4.57 Å². The summed E-state index contributed by atoms with van der Waals surface area (Å²) in [5.74, 6) is -0.532. The molecule has 3 aromatic rings. The van der Waals surface area contributed by atoms with Crippen molar-refractivity contribution in [3.05, 3.63) is 101 Å². The summed E-state index contributed by atoms with van der Waals surface area (Å²) in [6.07, 6.45) is 3.47. The number of carbonyl (C=O) groups is 1. The Morgan fingerprint density at radius 2 is 1.97 bits per heavy atom. The lowest BCUT2D eigenvalue weighted by Gasteiger charge is -2.24. The Morgan fingerprint density at radius 3 is 2.62 bits per heavy atom. The van der Waals surface area contributed by atoms with E-state index in [9.17, 15) is 19.7 Å².